The maximum atomic E-state index is 13.1. The highest BCUT2D eigenvalue weighted by molar-refractivity contribution is 7.89. The summed E-state index contributed by atoms with van der Waals surface area (Å²) in [6.45, 7) is 0.160. The smallest absolute Gasteiger partial charge is 0.342 e. The summed E-state index contributed by atoms with van der Waals surface area (Å²) in [4.78, 5) is 36.7. The minimum Gasteiger partial charge on any atom is -0.496 e. The highest BCUT2D eigenvalue weighted by Gasteiger charge is 2.27. The summed E-state index contributed by atoms with van der Waals surface area (Å²) in [5.41, 5.74) is 4.24. The van der Waals surface area contributed by atoms with E-state index in [0.717, 1.165) is 25.7 Å². The standard InChI is InChI=1S/C21H25N3O7S2/c1-30-17-9-8-15(33(28,29)24-10-4-2-3-5-11-24)13-16(17)21(27)31-14-19(25)22-23-20(26)18-7-6-12-32-18/h6-9,12-13H,2-5,10-11,14H2,1H3,(H,22,25)(H,23,26). The monoisotopic (exact) mass is 495 g/mol. The molecule has 3 rings (SSSR count). The number of esters is 1. The lowest BCUT2D eigenvalue weighted by Crippen LogP contribution is -2.43. The first-order valence-electron chi connectivity index (χ1n) is 10.3. The van der Waals surface area contributed by atoms with Crippen LogP contribution in [0.5, 0.6) is 5.75 Å². The summed E-state index contributed by atoms with van der Waals surface area (Å²) in [7, 11) is -2.46. The van der Waals surface area contributed by atoms with Crippen LogP contribution in [0, 0.1) is 0 Å². The lowest BCUT2D eigenvalue weighted by atomic mass is 10.2. The summed E-state index contributed by atoms with van der Waals surface area (Å²) < 4.78 is 37.7. The van der Waals surface area contributed by atoms with E-state index < -0.39 is 34.4 Å². The molecule has 0 atom stereocenters. The molecule has 0 saturated carbocycles. The average molecular weight is 496 g/mol. The molecule has 33 heavy (non-hydrogen) atoms. The van der Waals surface area contributed by atoms with Crippen LogP contribution in [0.4, 0.5) is 0 Å². The van der Waals surface area contributed by atoms with E-state index in [4.69, 9.17) is 9.47 Å². The fourth-order valence-corrected chi connectivity index (χ4v) is 5.44. The molecule has 0 bridgehead atoms. The predicted molar refractivity (Wildman–Crippen MR) is 120 cm³/mol. The van der Waals surface area contributed by atoms with Crippen LogP contribution in [0.3, 0.4) is 0 Å². The van der Waals surface area contributed by atoms with Crippen LogP contribution in [-0.2, 0) is 19.6 Å². The maximum Gasteiger partial charge on any atom is 0.342 e. The van der Waals surface area contributed by atoms with Gasteiger partial charge in [-0.3, -0.25) is 20.4 Å². The van der Waals surface area contributed by atoms with Crippen molar-refractivity contribution in [2.45, 2.75) is 30.6 Å². The van der Waals surface area contributed by atoms with E-state index in [0.29, 0.717) is 18.0 Å². The number of ether oxygens (including phenoxy) is 2. The van der Waals surface area contributed by atoms with E-state index >= 15 is 0 Å². The van der Waals surface area contributed by atoms with E-state index in [1.165, 1.54) is 41.0 Å². The van der Waals surface area contributed by atoms with Crippen LogP contribution in [0.15, 0.2) is 40.6 Å². The van der Waals surface area contributed by atoms with Gasteiger partial charge in [0.25, 0.3) is 11.8 Å². The Balaban J connectivity index is 1.65. The molecule has 0 spiro atoms. The number of thiophene rings is 1. The Bertz CT molecular complexity index is 1090. The Morgan fingerprint density at radius 1 is 1.06 bits per heavy atom. The van der Waals surface area contributed by atoms with Crippen LogP contribution in [0.25, 0.3) is 0 Å². The molecule has 1 aliphatic rings. The zero-order chi connectivity index (χ0) is 23.8. The number of carbonyl (C=O) groups is 3. The molecule has 10 nitrogen and oxygen atoms in total. The van der Waals surface area contributed by atoms with Crippen LogP contribution < -0.4 is 15.6 Å². The van der Waals surface area contributed by atoms with E-state index in [1.807, 2.05) is 0 Å². The fourth-order valence-electron chi connectivity index (χ4n) is 3.28. The molecule has 2 amide bonds. The van der Waals surface area contributed by atoms with Gasteiger partial charge >= 0.3 is 5.97 Å². The molecular formula is C21H25N3O7S2. The van der Waals surface area contributed by atoms with Crippen molar-refractivity contribution in [3.8, 4) is 5.75 Å². The van der Waals surface area contributed by atoms with E-state index in [-0.39, 0.29) is 16.2 Å². The molecule has 2 heterocycles. The first-order chi connectivity index (χ1) is 15.8. The van der Waals surface area contributed by atoms with Crippen LogP contribution in [0.2, 0.25) is 0 Å². The summed E-state index contributed by atoms with van der Waals surface area (Å²) in [5, 5.41) is 1.72. The third-order valence-corrected chi connectivity index (χ3v) is 7.75. The molecule has 1 saturated heterocycles. The number of hydrogen-bond donors (Lipinski definition) is 2. The first kappa shape index (κ1) is 24.7. The summed E-state index contributed by atoms with van der Waals surface area (Å²) in [5.74, 6) is -2.08. The number of nitrogens with zero attached hydrogens (tertiary/aromatic N) is 1. The van der Waals surface area contributed by atoms with E-state index in [1.54, 1.807) is 17.5 Å². The highest BCUT2D eigenvalue weighted by Crippen LogP contribution is 2.26. The molecule has 2 aromatic rings. The molecule has 178 valence electrons. The minimum absolute atomic E-state index is 0.0511. The zero-order valence-electron chi connectivity index (χ0n) is 18.0. The SMILES string of the molecule is COc1ccc(S(=O)(=O)N2CCCCCC2)cc1C(=O)OCC(=O)NNC(=O)c1cccs1. The molecule has 2 N–H and O–H groups in total. The van der Waals surface area contributed by atoms with E-state index in [9.17, 15) is 22.8 Å². The van der Waals surface area contributed by atoms with Gasteiger partial charge in [-0.05, 0) is 42.5 Å². The third-order valence-electron chi connectivity index (χ3n) is 4.99. The van der Waals surface area contributed by atoms with Crippen LogP contribution in [-0.4, -0.2) is 57.3 Å². The molecule has 1 fully saturated rings. The number of carbonyl (C=O) groups excluding carboxylic acids is 3. The van der Waals surface area contributed by atoms with Crippen molar-refractivity contribution >= 4 is 39.1 Å². The van der Waals surface area contributed by atoms with E-state index in [2.05, 4.69) is 10.9 Å². The number of methoxy groups -OCH3 is 1. The fraction of sp³-hybridized carbons (Fsp3) is 0.381. The Labute approximate surface area is 195 Å². The third kappa shape index (κ3) is 6.30. The van der Waals surface area contributed by atoms with Gasteiger partial charge in [-0.1, -0.05) is 18.9 Å². The lowest BCUT2D eigenvalue weighted by molar-refractivity contribution is -0.125. The van der Waals surface area contributed by atoms with Gasteiger partial charge in [0.15, 0.2) is 6.61 Å². The van der Waals surface area contributed by atoms with Crippen molar-refractivity contribution in [1.29, 1.82) is 0 Å². The number of hydrazine groups is 1. The normalized spacial score (nSPS) is 14.7. The second-order valence-electron chi connectivity index (χ2n) is 7.24. The number of hydrogen-bond acceptors (Lipinski definition) is 8. The number of rotatable bonds is 7. The van der Waals surface area contributed by atoms with Crippen molar-refractivity contribution in [2.75, 3.05) is 26.8 Å². The molecule has 1 aromatic carbocycles. The Morgan fingerprint density at radius 2 is 1.79 bits per heavy atom. The largest absolute Gasteiger partial charge is 0.496 e. The Hall–Kier alpha value is -2.96. The molecule has 1 aromatic heterocycles. The van der Waals surface area contributed by atoms with Crippen LogP contribution >= 0.6 is 11.3 Å². The topological polar surface area (TPSA) is 131 Å². The number of amides is 2. The van der Waals surface area contributed by atoms with Crippen molar-refractivity contribution in [2.24, 2.45) is 0 Å². The van der Waals surface area contributed by atoms with Crippen molar-refractivity contribution in [3.05, 3.63) is 46.2 Å². The quantitative estimate of drug-likeness (QED) is 0.443. The molecule has 1 aliphatic heterocycles. The number of benzene rings is 1. The van der Waals surface area contributed by atoms with Gasteiger partial charge in [0.2, 0.25) is 10.0 Å². The van der Waals surface area contributed by atoms with Gasteiger partial charge in [-0.15, -0.1) is 11.3 Å². The second kappa shape index (κ2) is 11.3. The second-order valence-corrected chi connectivity index (χ2v) is 10.1. The van der Waals surface area contributed by atoms with Gasteiger partial charge in [-0.2, -0.15) is 4.31 Å². The number of nitrogens with one attached hydrogen (secondary N) is 2. The predicted octanol–water partition coefficient (Wildman–Crippen LogP) is 1.94. The zero-order valence-corrected chi connectivity index (χ0v) is 19.7. The first-order valence-corrected chi connectivity index (χ1v) is 12.6. The van der Waals surface area contributed by atoms with Crippen LogP contribution in [0.1, 0.15) is 45.7 Å². The summed E-state index contributed by atoms with van der Waals surface area (Å²) in [6, 6.07) is 7.23. The molecule has 12 heteroatoms. The van der Waals surface area contributed by atoms with Crippen molar-refractivity contribution in [1.82, 2.24) is 15.2 Å². The van der Waals surface area contributed by atoms with Gasteiger partial charge in [0.05, 0.1) is 16.9 Å². The summed E-state index contributed by atoms with van der Waals surface area (Å²) in [6.07, 6.45) is 3.51. The van der Waals surface area contributed by atoms with Gasteiger partial charge in [-0.25, -0.2) is 13.2 Å². The molecule has 0 unspecified atom stereocenters. The Kier molecular flexibility index (Phi) is 8.42. The van der Waals surface area contributed by atoms with Gasteiger partial charge in [0.1, 0.15) is 11.3 Å². The van der Waals surface area contributed by atoms with Crippen molar-refractivity contribution in [3.63, 3.8) is 0 Å². The highest BCUT2D eigenvalue weighted by atomic mass is 32.2. The average Bonchev–Trinajstić information content (AvgIpc) is 3.22. The molecule has 0 radical (unpaired) electrons. The van der Waals surface area contributed by atoms with Crippen molar-refractivity contribution < 1.29 is 32.3 Å². The number of sulfonamides is 1. The lowest BCUT2D eigenvalue weighted by Gasteiger charge is -2.20. The summed E-state index contributed by atoms with van der Waals surface area (Å²) >= 11 is 1.20. The maximum absolute atomic E-state index is 13.1. The van der Waals surface area contributed by atoms with Gasteiger partial charge in [0, 0.05) is 13.1 Å². The molecule has 0 aliphatic carbocycles. The Morgan fingerprint density at radius 3 is 2.42 bits per heavy atom. The molecular weight excluding hydrogens is 470 g/mol. The minimum atomic E-state index is -3.79. The van der Waals surface area contributed by atoms with Gasteiger partial charge < -0.3 is 9.47 Å².